The maximum Gasteiger partial charge on any atom is 0.350 e. The van der Waals surface area contributed by atoms with E-state index in [1.165, 1.54) is 15.1 Å². The summed E-state index contributed by atoms with van der Waals surface area (Å²) in [6, 6.07) is 15.2. The van der Waals surface area contributed by atoms with E-state index in [4.69, 9.17) is 4.74 Å². The van der Waals surface area contributed by atoms with E-state index < -0.39 is 28.9 Å². The van der Waals surface area contributed by atoms with E-state index in [-0.39, 0.29) is 18.0 Å². The van der Waals surface area contributed by atoms with Gasteiger partial charge >= 0.3 is 11.4 Å². The molecule has 0 fully saturated rings. The molecule has 0 radical (unpaired) electrons. The normalized spacial score (nSPS) is 10.8. The number of hydrogen-bond donors (Lipinski definition) is 1. The maximum atomic E-state index is 13.6. The number of nitrogens with zero attached hydrogens (tertiary/aromatic N) is 4. The lowest BCUT2D eigenvalue weighted by Crippen LogP contribution is -2.22. The van der Waals surface area contributed by atoms with Crippen molar-refractivity contribution >= 4 is 22.9 Å². The number of fused-ring (bicyclic) bond motifs is 1. The highest BCUT2D eigenvalue weighted by Crippen LogP contribution is 2.22. The molecule has 2 aromatic carbocycles. The van der Waals surface area contributed by atoms with Crippen molar-refractivity contribution in [3.05, 3.63) is 98.8 Å². The summed E-state index contributed by atoms with van der Waals surface area (Å²) >= 11 is 0. The molecule has 4 aromatic rings. The van der Waals surface area contributed by atoms with E-state index in [1.807, 2.05) is 0 Å². The number of amides is 1. The molecule has 162 valence electrons. The standard InChI is InChI=1S/C21H16FN5O5/c22-17-11-16(7-8-18(17)27(30)31)32-13-20(28)23-15-5-3-4-14(10-15)12-26-21(29)25-9-2-1-6-19(25)24-26/h1-11H,12-13H2,(H,23,28). The molecule has 2 aromatic heterocycles. The summed E-state index contributed by atoms with van der Waals surface area (Å²) in [5.41, 5.74) is 0.790. The average Bonchev–Trinajstić information content (AvgIpc) is 3.08. The monoisotopic (exact) mass is 437 g/mol. The van der Waals surface area contributed by atoms with E-state index in [2.05, 4.69) is 10.4 Å². The number of nitro benzene ring substituents is 1. The first-order valence-electron chi connectivity index (χ1n) is 9.40. The van der Waals surface area contributed by atoms with Crippen LogP contribution in [0.5, 0.6) is 5.75 Å². The lowest BCUT2D eigenvalue weighted by molar-refractivity contribution is -0.387. The quantitative estimate of drug-likeness (QED) is 0.350. The highest BCUT2D eigenvalue weighted by Gasteiger charge is 2.15. The minimum Gasteiger partial charge on any atom is -0.484 e. The molecule has 0 aliphatic heterocycles. The Morgan fingerprint density at radius 1 is 1.16 bits per heavy atom. The number of ether oxygens (including phenoxy) is 1. The molecule has 0 saturated heterocycles. The van der Waals surface area contributed by atoms with E-state index >= 15 is 0 Å². The summed E-state index contributed by atoms with van der Waals surface area (Å²) in [5, 5.41) is 17.6. The molecular formula is C21H16FN5O5. The molecule has 0 saturated carbocycles. The van der Waals surface area contributed by atoms with Gasteiger partial charge in [-0.1, -0.05) is 18.2 Å². The fourth-order valence-electron chi connectivity index (χ4n) is 3.06. The summed E-state index contributed by atoms with van der Waals surface area (Å²) in [6.07, 6.45) is 1.63. The van der Waals surface area contributed by atoms with Gasteiger partial charge < -0.3 is 10.1 Å². The molecule has 0 bridgehead atoms. The van der Waals surface area contributed by atoms with Crippen LogP contribution in [-0.4, -0.2) is 31.6 Å². The van der Waals surface area contributed by atoms with Crippen LogP contribution in [0.2, 0.25) is 0 Å². The Balaban J connectivity index is 1.39. The van der Waals surface area contributed by atoms with Crippen LogP contribution < -0.4 is 15.7 Å². The summed E-state index contributed by atoms with van der Waals surface area (Å²) in [4.78, 5) is 34.4. The van der Waals surface area contributed by atoms with Crippen molar-refractivity contribution in [2.45, 2.75) is 6.54 Å². The zero-order chi connectivity index (χ0) is 22.7. The number of nitro groups is 1. The number of anilines is 1. The van der Waals surface area contributed by atoms with Gasteiger partial charge in [0.15, 0.2) is 12.3 Å². The van der Waals surface area contributed by atoms with Crippen LogP contribution in [0.3, 0.4) is 0 Å². The Morgan fingerprint density at radius 2 is 2.00 bits per heavy atom. The van der Waals surface area contributed by atoms with E-state index in [0.717, 1.165) is 17.7 Å². The SMILES string of the molecule is O=C(COc1ccc([N+](=O)[O-])c(F)c1)Nc1cccc(Cn2nc3ccccn3c2=O)c1. The molecule has 0 aliphatic carbocycles. The number of carbonyl (C=O) groups is 1. The molecule has 11 heteroatoms. The number of benzene rings is 2. The van der Waals surface area contributed by atoms with Crippen LogP contribution in [0.15, 0.2) is 71.7 Å². The second-order valence-corrected chi connectivity index (χ2v) is 6.78. The molecule has 32 heavy (non-hydrogen) atoms. The maximum absolute atomic E-state index is 13.6. The third kappa shape index (κ3) is 4.46. The van der Waals surface area contributed by atoms with Gasteiger partial charge in [0.05, 0.1) is 11.5 Å². The molecule has 4 rings (SSSR count). The van der Waals surface area contributed by atoms with Gasteiger partial charge in [-0.2, -0.15) is 4.39 Å². The summed E-state index contributed by atoms with van der Waals surface area (Å²) < 4.78 is 21.6. The summed E-state index contributed by atoms with van der Waals surface area (Å²) in [5.74, 6) is -1.57. The van der Waals surface area contributed by atoms with Crippen molar-refractivity contribution in [3.8, 4) is 5.75 Å². The van der Waals surface area contributed by atoms with Crippen LogP contribution >= 0.6 is 0 Å². The lowest BCUT2D eigenvalue weighted by Gasteiger charge is -2.09. The second-order valence-electron chi connectivity index (χ2n) is 6.78. The van der Waals surface area contributed by atoms with Crippen molar-refractivity contribution in [2.75, 3.05) is 11.9 Å². The number of halogens is 1. The number of carbonyl (C=O) groups excluding carboxylic acids is 1. The van der Waals surface area contributed by atoms with Crippen LogP contribution in [-0.2, 0) is 11.3 Å². The summed E-state index contributed by atoms with van der Waals surface area (Å²) in [6.45, 7) is -0.212. The highest BCUT2D eigenvalue weighted by molar-refractivity contribution is 5.91. The van der Waals surface area contributed by atoms with Gasteiger partial charge in [0, 0.05) is 24.0 Å². The lowest BCUT2D eigenvalue weighted by atomic mass is 10.2. The van der Waals surface area contributed by atoms with Crippen LogP contribution in [0, 0.1) is 15.9 Å². The number of nitrogens with one attached hydrogen (secondary N) is 1. The third-order valence-electron chi connectivity index (χ3n) is 4.52. The van der Waals surface area contributed by atoms with Gasteiger partial charge in [-0.3, -0.25) is 19.3 Å². The van der Waals surface area contributed by atoms with E-state index in [9.17, 15) is 24.1 Å². The van der Waals surface area contributed by atoms with Crippen molar-refractivity contribution in [1.82, 2.24) is 14.2 Å². The minimum absolute atomic E-state index is 0.0109. The van der Waals surface area contributed by atoms with Gasteiger partial charge in [-0.15, -0.1) is 5.10 Å². The number of aromatic nitrogens is 3. The smallest absolute Gasteiger partial charge is 0.350 e. The molecule has 2 heterocycles. The van der Waals surface area contributed by atoms with Gasteiger partial charge in [0.2, 0.25) is 5.82 Å². The fraction of sp³-hybridized carbons (Fsp3) is 0.0952. The first-order chi connectivity index (χ1) is 15.4. The first-order valence-corrected chi connectivity index (χ1v) is 9.40. The number of pyridine rings is 1. The molecule has 0 atom stereocenters. The van der Waals surface area contributed by atoms with Crippen LogP contribution in [0.1, 0.15) is 5.56 Å². The Morgan fingerprint density at radius 3 is 2.75 bits per heavy atom. The molecule has 0 spiro atoms. The van der Waals surface area contributed by atoms with Crippen molar-refractivity contribution < 1.29 is 18.8 Å². The Labute approximate surface area is 179 Å². The molecular weight excluding hydrogens is 421 g/mol. The van der Waals surface area contributed by atoms with E-state index in [0.29, 0.717) is 11.3 Å². The first kappa shape index (κ1) is 20.7. The molecule has 0 unspecified atom stereocenters. The Bertz CT molecular complexity index is 1380. The Hall–Kier alpha value is -4.54. The molecule has 1 amide bonds. The zero-order valence-electron chi connectivity index (χ0n) is 16.5. The van der Waals surface area contributed by atoms with E-state index in [1.54, 1.807) is 48.7 Å². The predicted molar refractivity (Wildman–Crippen MR) is 112 cm³/mol. The molecule has 0 aliphatic rings. The van der Waals surface area contributed by atoms with Crippen LogP contribution in [0.4, 0.5) is 15.8 Å². The topological polar surface area (TPSA) is 121 Å². The van der Waals surface area contributed by atoms with Gasteiger partial charge in [0.1, 0.15) is 5.75 Å². The largest absolute Gasteiger partial charge is 0.484 e. The predicted octanol–water partition coefficient (Wildman–Crippen LogP) is 2.61. The average molecular weight is 437 g/mol. The van der Waals surface area contributed by atoms with Crippen LogP contribution in [0.25, 0.3) is 5.65 Å². The van der Waals surface area contributed by atoms with Crippen molar-refractivity contribution in [3.63, 3.8) is 0 Å². The van der Waals surface area contributed by atoms with Gasteiger partial charge in [-0.05, 0) is 35.9 Å². The summed E-state index contributed by atoms with van der Waals surface area (Å²) in [7, 11) is 0. The molecule has 1 N–H and O–H groups in total. The Kier molecular flexibility index (Phi) is 5.62. The molecule has 10 nitrogen and oxygen atoms in total. The number of rotatable bonds is 7. The highest BCUT2D eigenvalue weighted by atomic mass is 19.1. The zero-order valence-corrected chi connectivity index (χ0v) is 16.5. The van der Waals surface area contributed by atoms with Gasteiger partial charge in [-0.25, -0.2) is 9.48 Å². The number of hydrogen-bond acceptors (Lipinski definition) is 6. The van der Waals surface area contributed by atoms with Gasteiger partial charge in [0.25, 0.3) is 5.91 Å². The van der Waals surface area contributed by atoms with Crippen molar-refractivity contribution in [2.24, 2.45) is 0 Å². The third-order valence-corrected chi connectivity index (χ3v) is 4.52. The minimum atomic E-state index is -1.05. The van der Waals surface area contributed by atoms with Crippen molar-refractivity contribution in [1.29, 1.82) is 0 Å². The second kappa shape index (κ2) is 8.68. The fourth-order valence-corrected chi connectivity index (χ4v) is 3.06.